The van der Waals surface area contributed by atoms with Crippen LogP contribution >= 0.6 is 7.82 Å². The maximum Gasteiger partial charge on any atom is 0.469 e. The highest BCUT2D eigenvalue weighted by atomic mass is 31.2. The summed E-state index contributed by atoms with van der Waals surface area (Å²) >= 11 is 0. The average Bonchev–Trinajstić information content (AvgIpc) is 2.80. The van der Waals surface area contributed by atoms with Crippen LogP contribution in [-0.2, 0) is 24.3 Å². The van der Waals surface area contributed by atoms with E-state index in [1.54, 1.807) is 0 Å². The van der Waals surface area contributed by atoms with Crippen LogP contribution in [0.4, 0.5) is 0 Å². The van der Waals surface area contributed by atoms with Crippen molar-refractivity contribution in [3.63, 3.8) is 0 Å². The Kier molecular flexibility index (Phi) is 5.82. The zero-order valence-corrected chi connectivity index (χ0v) is 14.3. The lowest BCUT2D eigenvalue weighted by molar-refractivity contribution is -0.116. The third kappa shape index (κ3) is 4.10. The summed E-state index contributed by atoms with van der Waals surface area (Å²) in [5, 5.41) is 21.0. The molecule has 0 saturated carbocycles. The number of carbonyl (C=O) groups is 1. The summed E-state index contributed by atoms with van der Waals surface area (Å²) in [6.07, 6.45) is -3.35. The van der Waals surface area contributed by atoms with Crippen LogP contribution in [0.1, 0.15) is 17.4 Å². The molecule has 0 spiro atoms. The summed E-state index contributed by atoms with van der Waals surface area (Å²) in [5.41, 5.74) is -5.32. The molecule has 0 aromatic carbocycles. The topological polar surface area (TPSA) is 198 Å². The van der Waals surface area contributed by atoms with Gasteiger partial charge in [0.05, 0.1) is 19.8 Å². The van der Waals surface area contributed by atoms with Gasteiger partial charge in [0.25, 0.3) is 5.56 Å². The van der Waals surface area contributed by atoms with Crippen LogP contribution in [0.5, 0.6) is 0 Å². The van der Waals surface area contributed by atoms with E-state index in [2.05, 4.69) is 4.52 Å². The molecule has 14 heteroatoms. The molecule has 146 valence electrons. The second-order valence-electron chi connectivity index (χ2n) is 5.34. The Bertz CT molecular complexity index is 842. The first-order chi connectivity index (χ1) is 12.0. The van der Waals surface area contributed by atoms with Gasteiger partial charge < -0.3 is 29.5 Å². The zero-order valence-electron chi connectivity index (χ0n) is 13.4. The number of phosphoric ester groups is 1. The summed E-state index contributed by atoms with van der Waals surface area (Å²) < 4.78 is 25.1. The van der Waals surface area contributed by atoms with Gasteiger partial charge in [-0.05, 0) is 6.92 Å². The fraction of sp³-hybridized carbons (Fsp3) is 0.583. The first-order valence-electron chi connectivity index (χ1n) is 7.25. The van der Waals surface area contributed by atoms with Crippen molar-refractivity contribution in [1.82, 2.24) is 9.55 Å². The summed E-state index contributed by atoms with van der Waals surface area (Å²) in [4.78, 5) is 54.9. The van der Waals surface area contributed by atoms with E-state index in [1.165, 1.54) is 6.92 Å². The molecule has 2 heterocycles. The molecule has 1 aliphatic rings. The number of aliphatic hydroxyl groups is 2. The van der Waals surface area contributed by atoms with E-state index in [4.69, 9.17) is 19.3 Å². The molecule has 26 heavy (non-hydrogen) atoms. The van der Waals surface area contributed by atoms with Crippen LogP contribution < -0.4 is 11.2 Å². The molecule has 0 amide bonds. The van der Waals surface area contributed by atoms with Crippen molar-refractivity contribution in [3.8, 4) is 0 Å². The van der Waals surface area contributed by atoms with Crippen molar-refractivity contribution in [2.45, 2.75) is 24.9 Å². The van der Waals surface area contributed by atoms with Gasteiger partial charge in [-0.1, -0.05) is 0 Å². The maximum atomic E-state index is 12.1. The number of nitrogens with zero attached hydrogens (tertiary/aromatic N) is 1. The number of hydrogen-bond donors (Lipinski definition) is 5. The monoisotopic (exact) mass is 396 g/mol. The second kappa shape index (κ2) is 7.40. The van der Waals surface area contributed by atoms with Gasteiger partial charge in [-0.3, -0.25) is 18.9 Å². The first kappa shape index (κ1) is 20.5. The van der Waals surface area contributed by atoms with Crippen LogP contribution in [0.25, 0.3) is 0 Å². The molecule has 2 rings (SSSR count). The van der Waals surface area contributed by atoms with Crippen molar-refractivity contribution in [2.24, 2.45) is 0 Å². The Morgan fingerprint density at radius 1 is 1.50 bits per heavy atom. The molecule has 1 aliphatic heterocycles. The third-order valence-electron chi connectivity index (χ3n) is 3.56. The third-order valence-corrected chi connectivity index (χ3v) is 4.04. The molecule has 0 radical (unpaired) electrons. The maximum absolute atomic E-state index is 12.1. The van der Waals surface area contributed by atoms with Gasteiger partial charge in [0.1, 0.15) is 17.9 Å². The number of esters is 1. The summed E-state index contributed by atoms with van der Waals surface area (Å²) in [5.74, 6) is -1.11. The summed E-state index contributed by atoms with van der Waals surface area (Å²) in [6, 6.07) is 0.698. The molecule has 13 nitrogen and oxygen atoms in total. The molecule has 1 saturated heterocycles. The van der Waals surface area contributed by atoms with Crippen LogP contribution in [0.15, 0.2) is 15.7 Å². The molecule has 2 unspecified atom stereocenters. The van der Waals surface area contributed by atoms with E-state index in [-0.39, 0.29) is 6.61 Å². The first-order valence-corrected chi connectivity index (χ1v) is 8.78. The molecule has 0 bridgehead atoms. The van der Waals surface area contributed by atoms with Gasteiger partial charge in [-0.2, -0.15) is 0 Å². The minimum atomic E-state index is -4.87. The van der Waals surface area contributed by atoms with Crippen LogP contribution in [0, 0.1) is 0 Å². The number of carbonyl (C=O) groups excluding carboxylic acids is 1. The lowest BCUT2D eigenvalue weighted by Crippen LogP contribution is -2.54. The van der Waals surface area contributed by atoms with E-state index in [0.717, 1.165) is 0 Å². The highest BCUT2D eigenvalue weighted by molar-refractivity contribution is 7.46. The molecule has 5 N–H and O–H groups in total. The predicted octanol–water partition coefficient (Wildman–Crippen LogP) is -2.77. The molecule has 1 aromatic heterocycles. The highest BCUT2D eigenvalue weighted by Crippen LogP contribution is 2.38. The number of phosphoric acid groups is 1. The van der Waals surface area contributed by atoms with Crippen molar-refractivity contribution >= 4 is 13.8 Å². The Balaban J connectivity index is 2.44. The normalized spacial score (nSPS) is 26.0. The van der Waals surface area contributed by atoms with Crippen molar-refractivity contribution in [3.05, 3.63) is 32.6 Å². The quantitative estimate of drug-likeness (QED) is 0.246. The second-order valence-corrected chi connectivity index (χ2v) is 6.58. The Morgan fingerprint density at radius 2 is 2.15 bits per heavy atom. The molecule has 3 atom stereocenters. The average molecular weight is 396 g/mol. The fourth-order valence-electron chi connectivity index (χ4n) is 2.45. The van der Waals surface area contributed by atoms with Gasteiger partial charge in [0, 0.05) is 6.07 Å². The van der Waals surface area contributed by atoms with E-state index in [1.807, 2.05) is 4.98 Å². The number of H-pyrrole nitrogens is 1. The number of ether oxygens (including phenoxy) is 2. The molecule has 1 aromatic rings. The largest absolute Gasteiger partial charge is 0.469 e. The number of rotatable bonds is 6. The zero-order chi connectivity index (χ0) is 19.7. The van der Waals surface area contributed by atoms with Gasteiger partial charge >= 0.3 is 19.5 Å². The molecule has 0 aliphatic carbocycles. The van der Waals surface area contributed by atoms with Gasteiger partial charge in [0.2, 0.25) is 0 Å². The SMILES string of the molecule is CCOC(=O)c1cc(=O)[nH]c(=O)n1C1(O)CO[C@H](COP(=O)(O)O)C1O. The Labute approximate surface area is 145 Å². The Morgan fingerprint density at radius 3 is 2.73 bits per heavy atom. The van der Waals surface area contributed by atoms with Gasteiger partial charge in [0.15, 0.2) is 5.72 Å². The number of nitrogens with one attached hydrogen (secondary N) is 1. The molecular weight excluding hydrogens is 379 g/mol. The minimum absolute atomic E-state index is 0.0872. The highest BCUT2D eigenvalue weighted by Gasteiger charge is 2.52. The van der Waals surface area contributed by atoms with Gasteiger partial charge in [-0.15, -0.1) is 0 Å². The number of aromatic amines is 1. The predicted molar refractivity (Wildman–Crippen MR) is 81.2 cm³/mol. The van der Waals surface area contributed by atoms with Crippen molar-refractivity contribution < 1.29 is 43.4 Å². The molecular formula is C12H17N2O11P. The number of aromatic nitrogens is 2. The standard InChI is InChI=1S/C12H17N2O11P/c1-2-23-10(17)6-3-8(15)13-11(18)14(6)12(19)5-24-7(9(12)16)4-25-26(20,21)22/h3,7,9,16,19H,2,4-5H2,1H3,(H,13,15,18)(H2,20,21,22)/t7-,9?,12?/m1/s1. The van der Waals surface area contributed by atoms with E-state index < -0.39 is 61.9 Å². The van der Waals surface area contributed by atoms with Crippen LogP contribution in [0.2, 0.25) is 0 Å². The fourth-order valence-corrected chi connectivity index (χ4v) is 2.79. The van der Waals surface area contributed by atoms with E-state index in [0.29, 0.717) is 10.6 Å². The van der Waals surface area contributed by atoms with E-state index in [9.17, 15) is 29.2 Å². The summed E-state index contributed by atoms with van der Waals surface area (Å²) in [6.45, 7) is -0.149. The lowest BCUT2D eigenvalue weighted by Gasteiger charge is -2.29. The van der Waals surface area contributed by atoms with Crippen molar-refractivity contribution in [2.75, 3.05) is 19.8 Å². The van der Waals surface area contributed by atoms with Crippen LogP contribution in [0.3, 0.4) is 0 Å². The van der Waals surface area contributed by atoms with Crippen LogP contribution in [-0.4, -0.2) is 67.5 Å². The smallest absolute Gasteiger partial charge is 0.461 e. The number of hydrogen-bond acceptors (Lipinski definition) is 9. The van der Waals surface area contributed by atoms with Crippen molar-refractivity contribution in [1.29, 1.82) is 0 Å². The number of aliphatic hydroxyl groups excluding tert-OH is 1. The lowest BCUT2D eigenvalue weighted by atomic mass is 10.1. The minimum Gasteiger partial charge on any atom is -0.461 e. The van der Waals surface area contributed by atoms with Gasteiger partial charge in [-0.25, -0.2) is 14.2 Å². The Hall–Kier alpha value is -1.86. The molecule has 1 fully saturated rings. The van der Waals surface area contributed by atoms with E-state index >= 15 is 0 Å². The summed E-state index contributed by atoms with van der Waals surface area (Å²) in [7, 11) is -4.87.